The van der Waals surface area contributed by atoms with Gasteiger partial charge >= 0.3 is 0 Å². The molecule has 0 aliphatic heterocycles. The van der Waals surface area contributed by atoms with Crippen LogP contribution in [-0.2, 0) is 0 Å². The maximum absolute atomic E-state index is 13.4. The highest BCUT2D eigenvalue weighted by molar-refractivity contribution is 6.42. The van der Waals surface area contributed by atoms with Crippen molar-refractivity contribution in [2.45, 2.75) is 6.92 Å². The first-order chi connectivity index (χ1) is 15.7. The number of hydrogen-bond acceptors (Lipinski definition) is 3. The van der Waals surface area contributed by atoms with E-state index >= 15 is 0 Å². The number of aromatic hydroxyl groups is 1. The summed E-state index contributed by atoms with van der Waals surface area (Å²) in [6.07, 6.45) is 0. The van der Waals surface area contributed by atoms with Gasteiger partial charge in [0.2, 0.25) is 5.88 Å². The van der Waals surface area contributed by atoms with Crippen molar-refractivity contribution in [1.29, 1.82) is 0 Å². The van der Waals surface area contributed by atoms with Gasteiger partial charge in [-0.25, -0.2) is 9.36 Å². The Morgan fingerprint density at radius 2 is 1.30 bits per heavy atom. The lowest BCUT2D eigenvalue weighted by Gasteiger charge is -2.14. The van der Waals surface area contributed by atoms with Crippen LogP contribution in [0.4, 0.5) is 5.69 Å². The van der Waals surface area contributed by atoms with E-state index < -0.39 is 22.9 Å². The maximum Gasteiger partial charge on any atom is 0.288 e. The summed E-state index contributed by atoms with van der Waals surface area (Å²) in [6.45, 7) is 1.91. The van der Waals surface area contributed by atoms with Crippen molar-refractivity contribution < 1.29 is 9.90 Å². The van der Waals surface area contributed by atoms with Crippen LogP contribution >= 0.6 is 46.4 Å². The summed E-state index contributed by atoms with van der Waals surface area (Å²) >= 11 is 24.4. The van der Waals surface area contributed by atoms with Gasteiger partial charge < -0.3 is 10.4 Å². The molecule has 4 rings (SSSR count). The number of nitrogens with zero attached hydrogens (tertiary/aromatic N) is 2. The second-order valence-electron chi connectivity index (χ2n) is 7.14. The van der Waals surface area contributed by atoms with Crippen LogP contribution in [0, 0.1) is 6.92 Å². The first-order valence-electron chi connectivity index (χ1n) is 9.53. The number of hydrogen-bond donors (Lipinski definition) is 2. The fourth-order valence-corrected chi connectivity index (χ4v) is 3.81. The predicted molar refractivity (Wildman–Crippen MR) is 132 cm³/mol. The van der Waals surface area contributed by atoms with Crippen LogP contribution in [0.25, 0.3) is 11.4 Å². The first-order valence-corrected chi connectivity index (χ1v) is 11.0. The van der Waals surface area contributed by atoms with Crippen molar-refractivity contribution in [3.63, 3.8) is 0 Å². The summed E-state index contributed by atoms with van der Waals surface area (Å²) in [7, 11) is 0. The van der Waals surface area contributed by atoms with Gasteiger partial charge in [-0.1, -0.05) is 64.1 Å². The summed E-state index contributed by atoms with van der Waals surface area (Å²) < 4.78 is 2.25. The van der Waals surface area contributed by atoms with Gasteiger partial charge in [-0.15, -0.1) is 0 Å². The van der Waals surface area contributed by atoms with Gasteiger partial charge in [-0.3, -0.25) is 9.59 Å². The van der Waals surface area contributed by atoms with Crippen molar-refractivity contribution >= 4 is 58.0 Å². The highest BCUT2D eigenvalue weighted by Crippen LogP contribution is 2.30. The Morgan fingerprint density at radius 3 is 1.82 bits per heavy atom. The third-order valence-electron chi connectivity index (χ3n) is 4.86. The van der Waals surface area contributed by atoms with Crippen molar-refractivity contribution in [1.82, 2.24) is 9.36 Å². The second kappa shape index (κ2) is 9.15. The number of amides is 1. The number of anilines is 1. The highest BCUT2D eigenvalue weighted by Gasteiger charge is 2.27. The average molecular weight is 523 g/mol. The number of aryl methyl sites for hydroxylation is 1. The van der Waals surface area contributed by atoms with Gasteiger partial charge in [-0.2, -0.15) is 0 Å². The molecule has 33 heavy (non-hydrogen) atoms. The molecule has 10 heteroatoms. The van der Waals surface area contributed by atoms with Crippen LogP contribution in [0.15, 0.2) is 65.5 Å². The fraction of sp³-hybridized carbons (Fsp3) is 0.0435. The Morgan fingerprint density at radius 1 is 0.788 bits per heavy atom. The topological polar surface area (TPSA) is 76.3 Å². The van der Waals surface area contributed by atoms with E-state index in [2.05, 4.69) is 5.32 Å². The number of rotatable bonds is 4. The van der Waals surface area contributed by atoms with Crippen molar-refractivity contribution in [3.05, 3.63) is 102 Å². The molecule has 168 valence electrons. The number of aromatic nitrogens is 2. The van der Waals surface area contributed by atoms with E-state index in [9.17, 15) is 14.7 Å². The molecule has 0 bridgehead atoms. The first kappa shape index (κ1) is 23.3. The molecule has 0 aliphatic carbocycles. The zero-order valence-electron chi connectivity index (χ0n) is 16.9. The maximum atomic E-state index is 13.4. The molecule has 0 unspecified atom stereocenters. The summed E-state index contributed by atoms with van der Waals surface area (Å²) in [5, 5.41) is 14.6. The number of nitrogens with one attached hydrogen (secondary N) is 1. The number of benzene rings is 3. The van der Waals surface area contributed by atoms with Crippen LogP contribution < -0.4 is 10.9 Å². The Bertz CT molecular complexity index is 1440. The molecule has 1 amide bonds. The SMILES string of the molecule is Cc1ccc(NC(=O)c2c(O)n(-c3ccc(Cl)c(Cl)c3)n(-c3ccc(Cl)c(Cl)c3)c2=O)cc1. The molecule has 6 nitrogen and oxygen atoms in total. The monoisotopic (exact) mass is 521 g/mol. The number of carbonyl (C=O) groups is 1. The third kappa shape index (κ3) is 4.48. The highest BCUT2D eigenvalue weighted by atomic mass is 35.5. The zero-order valence-corrected chi connectivity index (χ0v) is 20.0. The Labute approximate surface area is 208 Å². The van der Waals surface area contributed by atoms with Crippen LogP contribution in [-0.4, -0.2) is 20.4 Å². The van der Waals surface area contributed by atoms with Crippen LogP contribution in [0.1, 0.15) is 15.9 Å². The van der Waals surface area contributed by atoms with E-state index in [1.54, 1.807) is 18.2 Å². The molecule has 4 aromatic rings. The lowest BCUT2D eigenvalue weighted by molar-refractivity contribution is 0.102. The summed E-state index contributed by atoms with van der Waals surface area (Å²) in [6, 6.07) is 16.0. The van der Waals surface area contributed by atoms with Crippen molar-refractivity contribution in [3.8, 4) is 17.3 Å². The minimum absolute atomic E-state index is 0.188. The van der Waals surface area contributed by atoms with E-state index in [1.165, 1.54) is 30.3 Å². The molecule has 1 heterocycles. The molecule has 0 saturated heterocycles. The van der Waals surface area contributed by atoms with E-state index in [-0.39, 0.29) is 25.8 Å². The molecule has 0 fully saturated rings. The molecule has 3 aromatic carbocycles. The third-order valence-corrected chi connectivity index (χ3v) is 6.34. The summed E-state index contributed by atoms with van der Waals surface area (Å²) in [5.74, 6) is -1.37. The van der Waals surface area contributed by atoms with Crippen LogP contribution in [0.2, 0.25) is 20.1 Å². The van der Waals surface area contributed by atoms with E-state index in [4.69, 9.17) is 46.4 Å². The molecular weight excluding hydrogens is 508 g/mol. The van der Waals surface area contributed by atoms with E-state index in [1.807, 2.05) is 19.1 Å². The summed E-state index contributed by atoms with van der Waals surface area (Å²) in [4.78, 5) is 26.4. The minimum atomic E-state index is -0.783. The van der Waals surface area contributed by atoms with Crippen molar-refractivity contribution in [2.24, 2.45) is 0 Å². The van der Waals surface area contributed by atoms with Gasteiger partial charge in [0.25, 0.3) is 11.5 Å². The molecule has 0 atom stereocenters. The van der Waals surface area contributed by atoms with Crippen LogP contribution in [0.5, 0.6) is 5.88 Å². The predicted octanol–water partition coefficient (Wildman–Crippen LogP) is 6.51. The molecule has 0 radical (unpaired) electrons. The normalized spacial score (nSPS) is 10.9. The van der Waals surface area contributed by atoms with Gasteiger partial charge in [-0.05, 0) is 55.5 Å². The average Bonchev–Trinajstić information content (AvgIpc) is 3.04. The Hall–Kier alpha value is -2.90. The Balaban J connectivity index is 1.93. The molecule has 0 saturated carbocycles. The van der Waals surface area contributed by atoms with Gasteiger partial charge in [0.1, 0.15) is 0 Å². The van der Waals surface area contributed by atoms with Gasteiger partial charge in [0.15, 0.2) is 5.56 Å². The standard InChI is InChI=1S/C23H15Cl4N3O3/c1-12-2-4-13(5-3-12)28-21(31)20-22(32)29(14-6-8-16(24)18(26)10-14)30(23(20)33)15-7-9-17(25)19(27)11-15/h2-11,32H,1H3,(H,28,31). The second-order valence-corrected chi connectivity index (χ2v) is 8.77. The zero-order chi connectivity index (χ0) is 23.9. The van der Waals surface area contributed by atoms with E-state index in [0.717, 1.165) is 14.9 Å². The molecule has 1 aromatic heterocycles. The lowest BCUT2D eigenvalue weighted by Crippen LogP contribution is -2.25. The summed E-state index contributed by atoms with van der Waals surface area (Å²) in [5.41, 5.74) is 0.787. The Kier molecular flexibility index (Phi) is 6.45. The number of halogens is 4. The molecule has 0 spiro atoms. The molecular formula is C23H15Cl4N3O3. The number of carbonyl (C=O) groups excluding carboxylic acids is 1. The smallest absolute Gasteiger partial charge is 0.288 e. The van der Waals surface area contributed by atoms with Gasteiger partial charge in [0, 0.05) is 5.69 Å². The quantitative estimate of drug-likeness (QED) is 0.321. The van der Waals surface area contributed by atoms with E-state index in [0.29, 0.717) is 11.4 Å². The van der Waals surface area contributed by atoms with Crippen LogP contribution in [0.3, 0.4) is 0 Å². The largest absolute Gasteiger partial charge is 0.493 e. The van der Waals surface area contributed by atoms with Crippen molar-refractivity contribution in [2.75, 3.05) is 5.32 Å². The molecule has 2 N–H and O–H groups in total. The van der Waals surface area contributed by atoms with Gasteiger partial charge in [0.05, 0.1) is 31.5 Å². The lowest BCUT2D eigenvalue weighted by atomic mass is 10.2. The fourth-order valence-electron chi connectivity index (χ4n) is 3.23. The minimum Gasteiger partial charge on any atom is -0.493 e. The molecule has 0 aliphatic rings.